The molecule has 0 unspecified atom stereocenters. The molecule has 0 saturated heterocycles. The van der Waals surface area contributed by atoms with Crippen molar-refractivity contribution in [3.63, 3.8) is 0 Å². The maximum absolute atomic E-state index is 7.20. The topological polar surface area (TPSA) is 35.9 Å². The average molecular weight is 176 g/mol. The Morgan fingerprint density at radius 1 is 1.46 bits per heavy atom. The number of rotatable bonds is 4. The van der Waals surface area contributed by atoms with Gasteiger partial charge in [0, 0.05) is 24.5 Å². The first-order chi connectivity index (χ1) is 6.31. The Kier molecular flexibility index (Phi) is 3.50. The molecule has 0 spiro atoms. The minimum atomic E-state index is 0.947. The van der Waals surface area contributed by atoms with Gasteiger partial charge in [-0.3, -0.25) is 0 Å². The van der Waals surface area contributed by atoms with Crippen LogP contribution in [0, 0.1) is 5.41 Å². The molecule has 2 nitrogen and oxygen atoms in total. The van der Waals surface area contributed by atoms with E-state index in [9.17, 15) is 0 Å². The number of hydrogen-bond acceptors (Lipinski definition) is 2. The third kappa shape index (κ3) is 2.31. The van der Waals surface area contributed by atoms with E-state index in [0.29, 0.717) is 0 Å². The molecule has 1 aromatic carbocycles. The molecule has 0 saturated carbocycles. The van der Waals surface area contributed by atoms with E-state index in [2.05, 4.69) is 24.4 Å². The first-order valence-corrected chi connectivity index (χ1v) is 4.63. The van der Waals surface area contributed by atoms with Crippen LogP contribution in [-0.4, -0.2) is 13.3 Å². The molecular weight excluding hydrogens is 160 g/mol. The van der Waals surface area contributed by atoms with Crippen molar-refractivity contribution in [3.8, 4) is 0 Å². The SMILES string of the molecule is CCCc1ccc(C=N)c(NC)c1. The van der Waals surface area contributed by atoms with Crippen LogP contribution in [0.15, 0.2) is 18.2 Å². The minimum Gasteiger partial charge on any atom is -0.388 e. The van der Waals surface area contributed by atoms with Gasteiger partial charge in [-0.1, -0.05) is 25.5 Å². The summed E-state index contributed by atoms with van der Waals surface area (Å²) in [5, 5.41) is 10.3. The monoisotopic (exact) mass is 176 g/mol. The number of anilines is 1. The lowest BCUT2D eigenvalue weighted by atomic mass is 10.1. The van der Waals surface area contributed by atoms with Gasteiger partial charge in [0.05, 0.1) is 0 Å². The highest BCUT2D eigenvalue weighted by Gasteiger charge is 1.98. The predicted octanol–water partition coefficient (Wildman–Crippen LogP) is 2.68. The summed E-state index contributed by atoms with van der Waals surface area (Å²) in [5.74, 6) is 0. The van der Waals surface area contributed by atoms with Crippen molar-refractivity contribution < 1.29 is 0 Å². The van der Waals surface area contributed by atoms with E-state index in [0.717, 1.165) is 24.1 Å². The summed E-state index contributed by atoms with van der Waals surface area (Å²) in [6.07, 6.45) is 3.64. The summed E-state index contributed by atoms with van der Waals surface area (Å²) in [6.45, 7) is 2.17. The molecule has 0 atom stereocenters. The van der Waals surface area contributed by atoms with Crippen LogP contribution in [0.25, 0.3) is 0 Å². The lowest BCUT2D eigenvalue weighted by Gasteiger charge is -2.07. The van der Waals surface area contributed by atoms with Gasteiger partial charge in [-0.25, -0.2) is 0 Å². The van der Waals surface area contributed by atoms with Crippen molar-refractivity contribution in [3.05, 3.63) is 29.3 Å². The number of nitrogens with one attached hydrogen (secondary N) is 2. The van der Waals surface area contributed by atoms with Crippen molar-refractivity contribution in [2.45, 2.75) is 19.8 Å². The molecule has 1 aromatic rings. The van der Waals surface area contributed by atoms with Gasteiger partial charge in [0.15, 0.2) is 0 Å². The highest BCUT2D eigenvalue weighted by Crippen LogP contribution is 2.16. The predicted molar refractivity (Wildman–Crippen MR) is 57.9 cm³/mol. The summed E-state index contributed by atoms with van der Waals surface area (Å²) >= 11 is 0. The first kappa shape index (κ1) is 9.78. The van der Waals surface area contributed by atoms with E-state index < -0.39 is 0 Å². The smallest absolute Gasteiger partial charge is 0.0429 e. The van der Waals surface area contributed by atoms with E-state index >= 15 is 0 Å². The van der Waals surface area contributed by atoms with Crippen LogP contribution < -0.4 is 5.32 Å². The normalized spacial score (nSPS) is 9.69. The molecule has 0 aliphatic heterocycles. The molecular formula is C11H16N2. The van der Waals surface area contributed by atoms with Crippen LogP contribution in [0.4, 0.5) is 5.69 Å². The van der Waals surface area contributed by atoms with Gasteiger partial charge in [-0.15, -0.1) is 0 Å². The number of benzene rings is 1. The maximum Gasteiger partial charge on any atom is 0.0429 e. The van der Waals surface area contributed by atoms with Crippen molar-refractivity contribution in [2.75, 3.05) is 12.4 Å². The van der Waals surface area contributed by atoms with E-state index in [4.69, 9.17) is 5.41 Å². The molecule has 0 radical (unpaired) electrons. The zero-order valence-electron chi connectivity index (χ0n) is 8.22. The van der Waals surface area contributed by atoms with Gasteiger partial charge in [-0.05, 0) is 18.1 Å². The van der Waals surface area contributed by atoms with E-state index in [1.54, 1.807) is 0 Å². The Morgan fingerprint density at radius 2 is 2.23 bits per heavy atom. The highest BCUT2D eigenvalue weighted by atomic mass is 14.8. The van der Waals surface area contributed by atoms with Crippen LogP contribution in [0.3, 0.4) is 0 Å². The standard InChI is InChI=1S/C11H16N2/c1-3-4-9-5-6-10(8-12)11(7-9)13-2/h5-8,12-13H,3-4H2,1-2H3. The maximum atomic E-state index is 7.20. The average Bonchev–Trinajstić information content (AvgIpc) is 2.18. The Morgan fingerprint density at radius 3 is 2.77 bits per heavy atom. The quantitative estimate of drug-likeness (QED) is 0.680. The largest absolute Gasteiger partial charge is 0.388 e. The second-order valence-electron chi connectivity index (χ2n) is 3.07. The molecule has 70 valence electrons. The highest BCUT2D eigenvalue weighted by molar-refractivity contribution is 5.85. The second-order valence-corrected chi connectivity index (χ2v) is 3.07. The molecule has 2 N–H and O–H groups in total. The van der Waals surface area contributed by atoms with Gasteiger partial charge in [0.2, 0.25) is 0 Å². The lowest BCUT2D eigenvalue weighted by Crippen LogP contribution is -1.96. The van der Waals surface area contributed by atoms with E-state index in [-0.39, 0.29) is 0 Å². The Labute approximate surface area is 79.5 Å². The zero-order valence-corrected chi connectivity index (χ0v) is 8.22. The van der Waals surface area contributed by atoms with Crippen molar-refractivity contribution in [1.82, 2.24) is 0 Å². The molecule has 0 heterocycles. The summed E-state index contributed by atoms with van der Waals surface area (Å²) < 4.78 is 0. The van der Waals surface area contributed by atoms with Crippen LogP contribution in [-0.2, 0) is 6.42 Å². The fraction of sp³-hybridized carbons (Fsp3) is 0.364. The van der Waals surface area contributed by atoms with E-state index in [1.165, 1.54) is 11.8 Å². The summed E-state index contributed by atoms with van der Waals surface area (Å²) in [6, 6.07) is 6.19. The Balaban J connectivity index is 2.98. The van der Waals surface area contributed by atoms with Crippen LogP contribution in [0.1, 0.15) is 24.5 Å². The Bertz CT molecular complexity index is 292. The molecule has 0 bridgehead atoms. The summed E-state index contributed by atoms with van der Waals surface area (Å²) in [4.78, 5) is 0. The number of hydrogen-bond donors (Lipinski definition) is 2. The third-order valence-electron chi connectivity index (χ3n) is 2.08. The molecule has 1 rings (SSSR count). The zero-order chi connectivity index (χ0) is 9.68. The van der Waals surface area contributed by atoms with Gasteiger partial charge in [0.25, 0.3) is 0 Å². The molecule has 13 heavy (non-hydrogen) atoms. The first-order valence-electron chi connectivity index (χ1n) is 4.63. The van der Waals surface area contributed by atoms with E-state index in [1.807, 2.05) is 13.1 Å². The Hall–Kier alpha value is -1.31. The van der Waals surface area contributed by atoms with Crippen molar-refractivity contribution >= 4 is 11.9 Å². The summed E-state index contributed by atoms with van der Waals surface area (Å²) in [7, 11) is 1.89. The second kappa shape index (κ2) is 4.65. The van der Waals surface area contributed by atoms with Crippen LogP contribution in [0.2, 0.25) is 0 Å². The molecule has 0 aliphatic carbocycles. The molecule has 0 amide bonds. The van der Waals surface area contributed by atoms with Gasteiger partial charge in [-0.2, -0.15) is 0 Å². The molecule has 2 heteroatoms. The molecule has 0 aliphatic rings. The van der Waals surface area contributed by atoms with Gasteiger partial charge < -0.3 is 10.7 Å². The molecule has 0 fully saturated rings. The van der Waals surface area contributed by atoms with Crippen molar-refractivity contribution in [1.29, 1.82) is 5.41 Å². The van der Waals surface area contributed by atoms with Crippen LogP contribution in [0.5, 0.6) is 0 Å². The van der Waals surface area contributed by atoms with Gasteiger partial charge in [0.1, 0.15) is 0 Å². The minimum absolute atomic E-state index is 0.947. The number of aryl methyl sites for hydroxylation is 1. The van der Waals surface area contributed by atoms with Crippen molar-refractivity contribution in [2.24, 2.45) is 0 Å². The third-order valence-corrected chi connectivity index (χ3v) is 2.08. The fourth-order valence-electron chi connectivity index (χ4n) is 1.39. The molecule has 0 aromatic heterocycles. The fourth-order valence-corrected chi connectivity index (χ4v) is 1.39. The lowest BCUT2D eigenvalue weighted by molar-refractivity contribution is 0.922. The van der Waals surface area contributed by atoms with Crippen LogP contribution >= 0.6 is 0 Å². The summed E-state index contributed by atoms with van der Waals surface area (Å²) in [5.41, 5.74) is 3.32. The van der Waals surface area contributed by atoms with Gasteiger partial charge >= 0.3 is 0 Å².